The summed E-state index contributed by atoms with van der Waals surface area (Å²) in [4.78, 5) is 20.8. The van der Waals surface area contributed by atoms with Gasteiger partial charge in [0.05, 0.1) is 0 Å². The van der Waals surface area contributed by atoms with Crippen LogP contribution in [0.15, 0.2) is 54.9 Å². The van der Waals surface area contributed by atoms with E-state index in [9.17, 15) is 4.79 Å². The number of carbonyl (C=O) groups is 1. The average molecular weight is 321 g/mol. The van der Waals surface area contributed by atoms with Gasteiger partial charge in [-0.05, 0) is 30.2 Å². The van der Waals surface area contributed by atoms with Crippen LogP contribution in [0.25, 0.3) is 6.08 Å². The molecule has 0 bridgehead atoms. The third kappa shape index (κ3) is 4.52. The maximum atomic E-state index is 12.3. The molecule has 1 aliphatic heterocycles. The van der Waals surface area contributed by atoms with Crippen molar-refractivity contribution in [3.8, 4) is 0 Å². The first-order valence-corrected chi connectivity index (χ1v) is 8.35. The third-order valence-electron chi connectivity index (χ3n) is 4.31. The molecule has 0 spiro atoms. The van der Waals surface area contributed by atoms with Crippen molar-refractivity contribution in [2.45, 2.75) is 13.5 Å². The number of carbonyl (C=O) groups excluding carboxylic acids is 1. The highest BCUT2D eigenvalue weighted by atomic mass is 16.2. The molecular formula is C20H23N3O. The van der Waals surface area contributed by atoms with E-state index in [0.717, 1.165) is 38.3 Å². The van der Waals surface area contributed by atoms with E-state index >= 15 is 0 Å². The van der Waals surface area contributed by atoms with Crippen molar-refractivity contribution >= 4 is 12.0 Å². The van der Waals surface area contributed by atoms with Crippen molar-refractivity contribution in [3.05, 3.63) is 71.6 Å². The van der Waals surface area contributed by atoms with Crippen LogP contribution in [0.3, 0.4) is 0 Å². The lowest BCUT2D eigenvalue weighted by molar-refractivity contribution is -0.127. The number of aryl methyl sites for hydroxylation is 1. The van der Waals surface area contributed by atoms with Crippen LogP contribution in [0.5, 0.6) is 0 Å². The fourth-order valence-corrected chi connectivity index (χ4v) is 2.83. The van der Waals surface area contributed by atoms with Crippen LogP contribution < -0.4 is 0 Å². The molecular weight excluding hydrogens is 298 g/mol. The first-order chi connectivity index (χ1) is 11.7. The predicted octanol–water partition coefficient (Wildman–Crippen LogP) is 2.75. The molecule has 0 atom stereocenters. The van der Waals surface area contributed by atoms with Crippen molar-refractivity contribution in [3.63, 3.8) is 0 Å². The molecule has 0 radical (unpaired) electrons. The first kappa shape index (κ1) is 16.4. The zero-order valence-electron chi connectivity index (χ0n) is 14.1. The Balaban J connectivity index is 1.49. The smallest absolute Gasteiger partial charge is 0.246 e. The Hall–Kier alpha value is -2.46. The second kappa shape index (κ2) is 7.88. The number of hydrogen-bond donors (Lipinski definition) is 0. The van der Waals surface area contributed by atoms with Gasteiger partial charge in [-0.1, -0.05) is 35.9 Å². The normalized spacial score (nSPS) is 15.8. The summed E-state index contributed by atoms with van der Waals surface area (Å²) in [6, 6.07) is 12.2. The zero-order valence-corrected chi connectivity index (χ0v) is 14.1. The minimum atomic E-state index is 0.0941. The van der Waals surface area contributed by atoms with Gasteiger partial charge in [0.2, 0.25) is 5.91 Å². The van der Waals surface area contributed by atoms with E-state index < -0.39 is 0 Å². The van der Waals surface area contributed by atoms with Crippen LogP contribution in [-0.4, -0.2) is 46.9 Å². The molecule has 1 amide bonds. The molecule has 2 heterocycles. The number of benzene rings is 1. The molecule has 1 aromatic carbocycles. The maximum Gasteiger partial charge on any atom is 0.246 e. The molecule has 4 heteroatoms. The first-order valence-electron chi connectivity index (χ1n) is 8.35. The van der Waals surface area contributed by atoms with Gasteiger partial charge in [0.25, 0.3) is 0 Å². The van der Waals surface area contributed by atoms with E-state index in [1.54, 1.807) is 12.3 Å². The second-order valence-electron chi connectivity index (χ2n) is 6.21. The van der Waals surface area contributed by atoms with E-state index in [0.29, 0.717) is 0 Å². The summed E-state index contributed by atoms with van der Waals surface area (Å²) in [5.74, 6) is 0.0941. The summed E-state index contributed by atoms with van der Waals surface area (Å²) in [6.07, 6.45) is 7.27. The van der Waals surface area contributed by atoms with Crippen LogP contribution >= 0.6 is 0 Å². The van der Waals surface area contributed by atoms with Gasteiger partial charge in [0.15, 0.2) is 0 Å². The predicted molar refractivity (Wildman–Crippen MR) is 96.3 cm³/mol. The van der Waals surface area contributed by atoms with Gasteiger partial charge in [-0.25, -0.2) is 0 Å². The summed E-state index contributed by atoms with van der Waals surface area (Å²) in [5, 5.41) is 0. The van der Waals surface area contributed by atoms with Crippen LogP contribution in [-0.2, 0) is 11.3 Å². The van der Waals surface area contributed by atoms with Crippen molar-refractivity contribution in [2.24, 2.45) is 0 Å². The number of hydrogen-bond acceptors (Lipinski definition) is 3. The quantitative estimate of drug-likeness (QED) is 0.813. The summed E-state index contributed by atoms with van der Waals surface area (Å²) in [5.41, 5.74) is 3.50. The molecule has 3 rings (SSSR count). The van der Waals surface area contributed by atoms with Crippen LogP contribution in [0.2, 0.25) is 0 Å². The molecule has 0 N–H and O–H groups in total. The number of aromatic nitrogens is 1. The van der Waals surface area contributed by atoms with Crippen LogP contribution in [0.1, 0.15) is 16.7 Å². The Labute approximate surface area is 143 Å². The molecule has 0 aliphatic carbocycles. The number of rotatable bonds is 4. The van der Waals surface area contributed by atoms with E-state index in [2.05, 4.69) is 35.0 Å². The van der Waals surface area contributed by atoms with Gasteiger partial charge in [0.1, 0.15) is 0 Å². The standard InChI is InChI=1S/C20H23N3O/c1-17-4-6-18(7-5-17)8-9-20(24)23-13-11-22(12-14-23)16-19-3-2-10-21-15-19/h2-10,15H,11-14,16H2,1H3/b9-8+. The van der Waals surface area contributed by atoms with Gasteiger partial charge in [-0.15, -0.1) is 0 Å². The minimum Gasteiger partial charge on any atom is -0.337 e. The Bertz CT molecular complexity index is 687. The molecule has 0 unspecified atom stereocenters. The summed E-state index contributed by atoms with van der Waals surface area (Å²) >= 11 is 0. The Morgan fingerprint density at radius 1 is 1.12 bits per heavy atom. The van der Waals surface area contributed by atoms with Gasteiger partial charge in [-0.2, -0.15) is 0 Å². The Kier molecular flexibility index (Phi) is 5.39. The van der Waals surface area contributed by atoms with Crippen molar-refractivity contribution in [2.75, 3.05) is 26.2 Å². The van der Waals surface area contributed by atoms with Gasteiger partial charge >= 0.3 is 0 Å². The highest BCUT2D eigenvalue weighted by Gasteiger charge is 2.19. The molecule has 1 fully saturated rings. The molecule has 2 aromatic rings. The van der Waals surface area contributed by atoms with Crippen molar-refractivity contribution < 1.29 is 4.79 Å². The Morgan fingerprint density at radius 3 is 2.54 bits per heavy atom. The van der Waals surface area contributed by atoms with Crippen molar-refractivity contribution in [1.82, 2.24) is 14.8 Å². The summed E-state index contributed by atoms with van der Waals surface area (Å²) < 4.78 is 0. The van der Waals surface area contributed by atoms with Gasteiger partial charge < -0.3 is 4.90 Å². The lowest BCUT2D eigenvalue weighted by Gasteiger charge is -2.34. The second-order valence-corrected chi connectivity index (χ2v) is 6.21. The third-order valence-corrected chi connectivity index (χ3v) is 4.31. The van der Waals surface area contributed by atoms with E-state index in [-0.39, 0.29) is 5.91 Å². The van der Waals surface area contributed by atoms with E-state index in [4.69, 9.17) is 0 Å². The zero-order chi connectivity index (χ0) is 16.8. The lowest BCUT2D eigenvalue weighted by Crippen LogP contribution is -2.47. The number of amides is 1. The van der Waals surface area contributed by atoms with E-state index in [1.165, 1.54) is 11.1 Å². The largest absolute Gasteiger partial charge is 0.337 e. The summed E-state index contributed by atoms with van der Waals surface area (Å²) in [6.45, 7) is 6.31. The van der Waals surface area contributed by atoms with Crippen LogP contribution in [0, 0.1) is 6.92 Å². The van der Waals surface area contributed by atoms with Crippen molar-refractivity contribution in [1.29, 1.82) is 0 Å². The average Bonchev–Trinajstić information content (AvgIpc) is 2.62. The van der Waals surface area contributed by atoms with Gasteiger partial charge in [-0.3, -0.25) is 14.7 Å². The minimum absolute atomic E-state index is 0.0941. The van der Waals surface area contributed by atoms with Crippen LogP contribution in [0.4, 0.5) is 0 Å². The SMILES string of the molecule is Cc1ccc(/C=C/C(=O)N2CCN(Cc3cccnc3)CC2)cc1. The molecule has 0 saturated carbocycles. The highest BCUT2D eigenvalue weighted by molar-refractivity contribution is 5.91. The molecule has 1 aromatic heterocycles. The van der Waals surface area contributed by atoms with E-state index in [1.807, 2.05) is 35.4 Å². The maximum absolute atomic E-state index is 12.3. The topological polar surface area (TPSA) is 36.4 Å². The Morgan fingerprint density at radius 2 is 1.88 bits per heavy atom. The highest BCUT2D eigenvalue weighted by Crippen LogP contribution is 2.09. The molecule has 4 nitrogen and oxygen atoms in total. The fourth-order valence-electron chi connectivity index (χ4n) is 2.83. The number of piperazine rings is 1. The van der Waals surface area contributed by atoms with Gasteiger partial charge in [0, 0.05) is 51.2 Å². The summed E-state index contributed by atoms with van der Waals surface area (Å²) in [7, 11) is 0. The molecule has 1 aliphatic rings. The fraction of sp³-hybridized carbons (Fsp3) is 0.300. The molecule has 1 saturated heterocycles. The number of nitrogens with zero attached hydrogens (tertiary/aromatic N) is 3. The molecule has 124 valence electrons. The number of pyridine rings is 1. The lowest BCUT2D eigenvalue weighted by atomic mass is 10.1. The monoisotopic (exact) mass is 321 g/mol. The molecule has 24 heavy (non-hydrogen) atoms.